The number of carbonyl (C=O) groups is 2. The molecule has 0 aromatic heterocycles. The van der Waals surface area contributed by atoms with Crippen LogP contribution in [0.3, 0.4) is 0 Å². The summed E-state index contributed by atoms with van der Waals surface area (Å²) in [5.41, 5.74) is 0. The Labute approximate surface area is 261 Å². The van der Waals surface area contributed by atoms with Gasteiger partial charge in [0.1, 0.15) is 6.61 Å². The Morgan fingerprint density at radius 1 is 0.476 bits per heavy atom. The molecule has 42 heavy (non-hydrogen) atoms. The molecule has 5 nitrogen and oxygen atoms in total. The van der Waals surface area contributed by atoms with Gasteiger partial charge in [-0.15, -0.1) is 0 Å². The summed E-state index contributed by atoms with van der Waals surface area (Å²) in [6.45, 7) is 8.82. The number of aliphatic hydroxyl groups is 1. The van der Waals surface area contributed by atoms with Crippen molar-refractivity contribution in [3.8, 4) is 0 Å². The van der Waals surface area contributed by atoms with E-state index in [9.17, 15) is 14.7 Å². The average molecular weight is 597 g/mol. The van der Waals surface area contributed by atoms with Gasteiger partial charge in [-0.3, -0.25) is 9.59 Å². The summed E-state index contributed by atoms with van der Waals surface area (Å²) in [6.07, 6.45) is 30.2. The van der Waals surface area contributed by atoms with Gasteiger partial charge in [-0.1, -0.05) is 169 Å². The van der Waals surface area contributed by atoms with Crippen LogP contribution in [0.25, 0.3) is 0 Å². The zero-order valence-electron chi connectivity index (χ0n) is 28.6. The molecule has 0 aromatic rings. The van der Waals surface area contributed by atoms with Crippen LogP contribution in [0.5, 0.6) is 0 Å². The molecule has 1 atom stereocenters. The molecule has 250 valence electrons. The Balaban J connectivity index is 3.53. The number of ether oxygens (including phenoxy) is 2. The summed E-state index contributed by atoms with van der Waals surface area (Å²) in [7, 11) is 0. The minimum Gasteiger partial charge on any atom is -0.462 e. The largest absolute Gasteiger partial charge is 0.462 e. The predicted octanol–water partition coefficient (Wildman–Crippen LogP) is 10.9. The second-order valence-corrected chi connectivity index (χ2v) is 13.6. The average Bonchev–Trinajstić information content (AvgIpc) is 2.95. The van der Waals surface area contributed by atoms with Gasteiger partial charge < -0.3 is 14.6 Å². The molecule has 5 heteroatoms. The van der Waals surface area contributed by atoms with Crippen LogP contribution < -0.4 is 0 Å². The molecule has 0 spiro atoms. The highest BCUT2D eigenvalue weighted by atomic mass is 16.6. The topological polar surface area (TPSA) is 72.8 Å². The fourth-order valence-corrected chi connectivity index (χ4v) is 5.45. The van der Waals surface area contributed by atoms with Crippen LogP contribution in [0, 0.1) is 11.8 Å². The lowest BCUT2D eigenvalue weighted by molar-refractivity contribution is -0.161. The Kier molecular flexibility index (Phi) is 30.5. The van der Waals surface area contributed by atoms with Crippen LogP contribution in [-0.2, 0) is 19.1 Å². The molecule has 0 saturated heterocycles. The van der Waals surface area contributed by atoms with Gasteiger partial charge in [0.15, 0.2) is 6.10 Å². The van der Waals surface area contributed by atoms with E-state index in [0.717, 1.165) is 50.4 Å². The van der Waals surface area contributed by atoms with Crippen molar-refractivity contribution in [1.29, 1.82) is 0 Å². The molecule has 0 radical (unpaired) electrons. The van der Waals surface area contributed by atoms with Crippen LogP contribution >= 0.6 is 0 Å². The first kappa shape index (κ1) is 40.9. The molecule has 1 N–H and O–H groups in total. The Morgan fingerprint density at radius 2 is 0.786 bits per heavy atom. The van der Waals surface area contributed by atoms with E-state index in [1.54, 1.807) is 0 Å². The highest BCUT2D eigenvalue weighted by Crippen LogP contribution is 2.16. The molecule has 0 saturated carbocycles. The molecule has 0 unspecified atom stereocenters. The molecular formula is C37H72O5. The van der Waals surface area contributed by atoms with Gasteiger partial charge in [0.2, 0.25) is 0 Å². The number of unbranched alkanes of at least 4 members (excludes halogenated alkanes) is 20. The number of carbonyl (C=O) groups excluding carboxylic acids is 2. The van der Waals surface area contributed by atoms with E-state index in [0.29, 0.717) is 12.8 Å². The molecule has 0 amide bonds. The van der Waals surface area contributed by atoms with Crippen molar-refractivity contribution >= 4 is 11.9 Å². The minimum atomic E-state index is -0.762. The van der Waals surface area contributed by atoms with Gasteiger partial charge in [0, 0.05) is 12.8 Å². The van der Waals surface area contributed by atoms with E-state index >= 15 is 0 Å². The number of esters is 2. The highest BCUT2D eigenvalue weighted by Gasteiger charge is 2.16. The fraction of sp³-hybridized carbons (Fsp3) is 0.946. The van der Waals surface area contributed by atoms with E-state index in [2.05, 4.69) is 27.7 Å². The Hall–Kier alpha value is -1.10. The highest BCUT2D eigenvalue weighted by molar-refractivity contribution is 5.70. The summed E-state index contributed by atoms with van der Waals surface area (Å²) in [5, 5.41) is 9.52. The summed E-state index contributed by atoms with van der Waals surface area (Å²) in [5.74, 6) is 1.09. The Bertz CT molecular complexity index is 589. The van der Waals surface area contributed by atoms with Gasteiger partial charge >= 0.3 is 11.9 Å². The molecule has 0 aliphatic carbocycles. The van der Waals surface area contributed by atoms with Crippen molar-refractivity contribution in [3.05, 3.63) is 0 Å². The van der Waals surface area contributed by atoms with E-state index in [4.69, 9.17) is 9.47 Å². The lowest BCUT2D eigenvalue weighted by Crippen LogP contribution is -2.28. The first-order chi connectivity index (χ1) is 20.3. The van der Waals surface area contributed by atoms with Gasteiger partial charge in [0.05, 0.1) is 6.61 Å². The van der Waals surface area contributed by atoms with Crippen LogP contribution in [-0.4, -0.2) is 36.4 Å². The molecule has 0 aliphatic heterocycles. The molecule has 0 aromatic carbocycles. The van der Waals surface area contributed by atoms with Crippen LogP contribution in [0.4, 0.5) is 0 Å². The second kappa shape index (κ2) is 31.3. The third-order valence-corrected chi connectivity index (χ3v) is 8.26. The van der Waals surface area contributed by atoms with Crippen LogP contribution in [0.1, 0.15) is 195 Å². The van der Waals surface area contributed by atoms with Gasteiger partial charge in [-0.05, 0) is 24.7 Å². The summed E-state index contributed by atoms with van der Waals surface area (Å²) >= 11 is 0. The predicted molar refractivity (Wildman–Crippen MR) is 178 cm³/mol. The molecular weight excluding hydrogens is 524 g/mol. The molecule has 0 aliphatic rings. The first-order valence-corrected chi connectivity index (χ1v) is 18.3. The SMILES string of the molecule is CC(C)CCCCCCCCCCCCCCC(=O)O[C@@H](CO)COC(=O)CCCCCCCCCCCCC(C)C. The van der Waals surface area contributed by atoms with Crippen molar-refractivity contribution in [1.82, 2.24) is 0 Å². The lowest BCUT2D eigenvalue weighted by Gasteiger charge is -2.15. The van der Waals surface area contributed by atoms with Crippen LogP contribution in [0.15, 0.2) is 0 Å². The fourth-order valence-electron chi connectivity index (χ4n) is 5.45. The summed E-state index contributed by atoms with van der Waals surface area (Å²) in [6, 6.07) is 0. The van der Waals surface area contributed by atoms with Crippen molar-refractivity contribution < 1.29 is 24.2 Å². The van der Waals surface area contributed by atoms with Crippen molar-refractivity contribution in [2.75, 3.05) is 13.2 Å². The van der Waals surface area contributed by atoms with Gasteiger partial charge in [-0.2, -0.15) is 0 Å². The van der Waals surface area contributed by atoms with Gasteiger partial charge in [-0.25, -0.2) is 0 Å². The van der Waals surface area contributed by atoms with Crippen LogP contribution in [0.2, 0.25) is 0 Å². The van der Waals surface area contributed by atoms with Gasteiger partial charge in [0.25, 0.3) is 0 Å². The Morgan fingerprint density at radius 3 is 1.12 bits per heavy atom. The second-order valence-electron chi connectivity index (χ2n) is 13.6. The first-order valence-electron chi connectivity index (χ1n) is 18.3. The standard InChI is InChI=1S/C37H72O5/c1-33(2)27-23-19-15-11-7-5-6-8-14-18-22-26-30-37(40)42-35(31-38)32-41-36(39)29-25-21-17-13-10-9-12-16-20-24-28-34(3)4/h33-35,38H,5-32H2,1-4H3/t35-/m0/s1. The van der Waals surface area contributed by atoms with E-state index < -0.39 is 6.10 Å². The zero-order valence-corrected chi connectivity index (χ0v) is 28.6. The maximum absolute atomic E-state index is 12.1. The number of hydrogen-bond acceptors (Lipinski definition) is 5. The quantitative estimate of drug-likeness (QED) is 0.0617. The monoisotopic (exact) mass is 597 g/mol. The van der Waals surface area contributed by atoms with Crippen molar-refractivity contribution in [3.63, 3.8) is 0 Å². The zero-order chi connectivity index (χ0) is 31.1. The van der Waals surface area contributed by atoms with E-state index in [1.807, 2.05) is 0 Å². The summed E-state index contributed by atoms with van der Waals surface area (Å²) < 4.78 is 10.6. The molecule has 0 bridgehead atoms. The lowest BCUT2D eigenvalue weighted by atomic mass is 10.0. The maximum Gasteiger partial charge on any atom is 0.306 e. The van der Waals surface area contributed by atoms with Crippen molar-refractivity contribution in [2.45, 2.75) is 201 Å². The number of hydrogen-bond donors (Lipinski definition) is 1. The van der Waals surface area contributed by atoms with E-state index in [1.165, 1.54) is 116 Å². The molecule has 0 fully saturated rings. The summed E-state index contributed by atoms with van der Waals surface area (Å²) in [4.78, 5) is 24.2. The normalized spacial score (nSPS) is 12.3. The smallest absolute Gasteiger partial charge is 0.306 e. The van der Waals surface area contributed by atoms with E-state index in [-0.39, 0.29) is 25.2 Å². The number of aliphatic hydroxyl groups excluding tert-OH is 1. The molecule has 0 rings (SSSR count). The number of rotatable bonds is 32. The third-order valence-electron chi connectivity index (χ3n) is 8.26. The minimum absolute atomic E-state index is 0.0593. The third kappa shape index (κ3) is 31.8. The van der Waals surface area contributed by atoms with Crippen molar-refractivity contribution in [2.24, 2.45) is 11.8 Å². The maximum atomic E-state index is 12.1. The molecule has 0 heterocycles.